The molecule has 0 fully saturated rings. The number of halogens is 1. The van der Waals surface area contributed by atoms with E-state index in [1.807, 2.05) is 42.6 Å². The number of aromatic nitrogens is 1. The third kappa shape index (κ3) is 2.73. The van der Waals surface area contributed by atoms with Crippen molar-refractivity contribution in [2.45, 2.75) is 32.7 Å². The molecule has 0 bridgehead atoms. The molecule has 3 nitrogen and oxygen atoms in total. The van der Waals surface area contributed by atoms with Gasteiger partial charge in [-0.3, -0.25) is 9.78 Å². The highest BCUT2D eigenvalue weighted by Crippen LogP contribution is 2.51. The first-order chi connectivity index (χ1) is 13.4. The number of ketones is 1. The van der Waals surface area contributed by atoms with Crippen molar-refractivity contribution in [2.24, 2.45) is 5.41 Å². The fourth-order valence-corrected chi connectivity index (χ4v) is 4.75. The Kier molecular flexibility index (Phi) is 3.85. The minimum Gasteiger partial charge on any atom is -0.373 e. The van der Waals surface area contributed by atoms with Gasteiger partial charge < -0.3 is 5.32 Å². The Bertz CT molecular complexity index is 1140. The van der Waals surface area contributed by atoms with Crippen LogP contribution in [-0.4, -0.2) is 10.8 Å². The average Bonchev–Trinajstić information content (AvgIpc) is 2.66. The number of carbonyl (C=O) groups is 1. The normalized spacial score (nSPS) is 20.5. The van der Waals surface area contributed by atoms with E-state index in [-0.39, 0.29) is 17.2 Å². The second-order valence-corrected chi connectivity index (χ2v) is 8.96. The van der Waals surface area contributed by atoms with E-state index >= 15 is 0 Å². The summed E-state index contributed by atoms with van der Waals surface area (Å²) < 4.78 is 0. The van der Waals surface area contributed by atoms with Gasteiger partial charge in [0.25, 0.3) is 0 Å². The molecule has 28 heavy (non-hydrogen) atoms. The molecule has 4 heteroatoms. The summed E-state index contributed by atoms with van der Waals surface area (Å²) in [5.74, 6) is 0.227. The number of Topliss-reactive ketones (excluding diaryl/α,β-unsaturated/α-hetero) is 1. The van der Waals surface area contributed by atoms with Gasteiger partial charge in [-0.05, 0) is 53.3 Å². The van der Waals surface area contributed by atoms with Crippen LogP contribution >= 0.6 is 11.6 Å². The second-order valence-electron chi connectivity index (χ2n) is 8.52. The Morgan fingerprint density at radius 1 is 1.07 bits per heavy atom. The molecule has 1 atom stereocenters. The number of anilines is 1. The molecule has 1 aliphatic carbocycles. The van der Waals surface area contributed by atoms with Gasteiger partial charge in [0.1, 0.15) is 0 Å². The molecule has 5 rings (SSSR count). The lowest BCUT2D eigenvalue weighted by molar-refractivity contribution is -0.118. The lowest BCUT2D eigenvalue weighted by atomic mass is 9.68. The van der Waals surface area contributed by atoms with Crippen LogP contribution < -0.4 is 5.32 Å². The number of pyridine rings is 1. The molecule has 2 heterocycles. The molecule has 0 spiro atoms. The van der Waals surface area contributed by atoms with Crippen molar-refractivity contribution < 1.29 is 4.79 Å². The summed E-state index contributed by atoms with van der Waals surface area (Å²) in [4.78, 5) is 17.8. The third-order valence-electron chi connectivity index (χ3n) is 5.80. The number of benzene rings is 2. The molecule has 140 valence electrons. The van der Waals surface area contributed by atoms with Crippen LogP contribution in [0.3, 0.4) is 0 Å². The van der Waals surface area contributed by atoms with Gasteiger partial charge in [0.15, 0.2) is 5.78 Å². The molecule has 1 aliphatic heterocycles. The van der Waals surface area contributed by atoms with Gasteiger partial charge in [0, 0.05) is 39.9 Å². The van der Waals surface area contributed by atoms with E-state index in [4.69, 9.17) is 11.6 Å². The van der Waals surface area contributed by atoms with Crippen LogP contribution in [0.4, 0.5) is 5.69 Å². The van der Waals surface area contributed by atoms with E-state index in [9.17, 15) is 4.79 Å². The SMILES string of the molecule is CC1(C)CC(=O)C2=C(C1)c1c(ccc3ncccc13)N[C@@H]2c1ccc(Cl)cc1. The van der Waals surface area contributed by atoms with Gasteiger partial charge in [-0.15, -0.1) is 0 Å². The first kappa shape index (κ1) is 17.4. The zero-order valence-electron chi connectivity index (χ0n) is 15.9. The molecule has 0 saturated heterocycles. The molecule has 3 aromatic rings. The van der Waals surface area contributed by atoms with Crippen molar-refractivity contribution in [3.63, 3.8) is 0 Å². The van der Waals surface area contributed by atoms with Crippen LogP contribution in [-0.2, 0) is 4.79 Å². The molecule has 1 N–H and O–H groups in total. The number of allylic oxidation sites excluding steroid dienone is 1. The predicted molar refractivity (Wildman–Crippen MR) is 115 cm³/mol. The van der Waals surface area contributed by atoms with Crippen LogP contribution in [0.5, 0.6) is 0 Å². The lowest BCUT2D eigenvalue weighted by Gasteiger charge is -2.40. The number of fused-ring (bicyclic) bond motifs is 4. The van der Waals surface area contributed by atoms with E-state index in [1.165, 1.54) is 0 Å². The first-order valence-electron chi connectivity index (χ1n) is 9.59. The maximum absolute atomic E-state index is 13.3. The van der Waals surface area contributed by atoms with Crippen molar-refractivity contribution >= 4 is 39.5 Å². The highest BCUT2D eigenvalue weighted by molar-refractivity contribution is 6.30. The molecule has 2 aliphatic rings. The fraction of sp³-hybridized carbons (Fsp3) is 0.250. The Balaban J connectivity index is 1.79. The first-order valence-corrected chi connectivity index (χ1v) is 9.97. The topological polar surface area (TPSA) is 42.0 Å². The molecular formula is C24H21ClN2O. The van der Waals surface area contributed by atoms with Crippen molar-refractivity contribution in [2.75, 3.05) is 5.32 Å². The average molecular weight is 389 g/mol. The van der Waals surface area contributed by atoms with Gasteiger partial charge >= 0.3 is 0 Å². The molecule has 0 amide bonds. The second kappa shape index (κ2) is 6.18. The number of rotatable bonds is 1. The molecule has 2 aromatic carbocycles. The van der Waals surface area contributed by atoms with Crippen molar-refractivity contribution in [1.82, 2.24) is 4.98 Å². The zero-order valence-corrected chi connectivity index (χ0v) is 16.7. The van der Waals surface area contributed by atoms with Crippen LogP contribution in [0, 0.1) is 5.41 Å². The zero-order chi connectivity index (χ0) is 19.5. The summed E-state index contributed by atoms with van der Waals surface area (Å²) in [6.45, 7) is 4.36. The largest absolute Gasteiger partial charge is 0.373 e. The summed E-state index contributed by atoms with van der Waals surface area (Å²) in [6.07, 6.45) is 3.25. The van der Waals surface area contributed by atoms with E-state index < -0.39 is 0 Å². The van der Waals surface area contributed by atoms with Gasteiger partial charge in [-0.25, -0.2) is 0 Å². The quantitative estimate of drug-likeness (QED) is 0.539. The Labute approximate surface area is 169 Å². The van der Waals surface area contributed by atoms with Crippen molar-refractivity contribution in [1.29, 1.82) is 0 Å². The van der Waals surface area contributed by atoms with Gasteiger partial charge in [-0.2, -0.15) is 0 Å². The van der Waals surface area contributed by atoms with E-state index in [0.29, 0.717) is 11.4 Å². The van der Waals surface area contributed by atoms with Gasteiger partial charge in [0.05, 0.1) is 11.6 Å². The maximum atomic E-state index is 13.3. The lowest BCUT2D eigenvalue weighted by Crippen LogP contribution is -2.33. The third-order valence-corrected chi connectivity index (χ3v) is 6.05. The highest BCUT2D eigenvalue weighted by Gasteiger charge is 2.40. The predicted octanol–water partition coefficient (Wildman–Crippen LogP) is 6.20. The number of nitrogens with zero attached hydrogens (tertiary/aromatic N) is 1. The van der Waals surface area contributed by atoms with Crippen molar-refractivity contribution in [3.8, 4) is 0 Å². The molecule has 1 aromatic heterocycles. The number of carbonyl (C=O) groups excluding carboxylic acids is 1. The number of hydrogen-bond acceptors (Lipinski definition) is 3. The number of hydrogen-bond donors (Lipinski definition) is 1. The summed E-state index contributed by atoms with van der Waals surface area (Å²) in [7, 11) is 0. The Hall–Kier alpha value is -2.65. The summed E-state index contributed by atoms with van der Waals surface area (Å²) in [5, 5.41) is 5.43. The van der Waals surface area contributed by atoms with Crippen molar-refractivity contribution in [3.05, 3.63) is 76.5 Å². The summed E-state index contributed by atoms with van der Waals surface area (Å²) in [6, 6.07) is 15.8. The minimum atomic E-state index is -0.155. The van der Waals surface area contributed by atoms with Crippen LogP contribution in [0.25, 0.3) is 16.5 Å². The molecule has 0 unspecified atom stereocenters. The summed E-state index contributed by atoms with van der Waals surface area (Å²) in [5.41, 5.74) is 6.20. The van der Waals surface area contributed by atoms with Gasteiger partial charge in [-0.1, -0.05) is 43.6 Å². The molecule has 0 radical (unpaired) electrons. The molecular weight excluding hydrogens is 368 g/mol. The summed E-state index contributed by atoms with van der Waals surface area (Å²) >= 11 is 6.09. The number of nitrogens with one attached hydrogen (secondary N) is 1. The van der Waals surface area contributed by atoms with E-state index in [0.717, 1.165) is 45.3 Å². The van der Waals surface area contributed by atoms with Crippen LogP contribution in [0.2, 0.25) is 5.02 Å². The monoisotopic (exact) mass is 388 g/mol. The van der Waals surface area contributed by atoms with Crippen LogP contribution in [0.1, 0.15) is 43.9 Å². The molecule has 0 saturated carbocycles. The standard InChI is InChI=1S/C24H21ClN2O/c1-24(2)12-17-21-16-4-3-11-26-18(16)9-10-19(21)27-23(22(17)20(28)13-24)14-5-7-15(25)8-6-14/h3-11,23,27H,12-13H2,1-2H3/t23-/m1/s1. The van der Waals surface area contributed by atoms with Gasteiger partial charge in [0.2, 0.25) is 0 Å². The Morgan fingerprint density at radius 3 is 2.64 bits per heavy atom. The maximum Gasteiger partial charge on any atom is 0.162 e. The smallest absolute Gasteiger partial charge is 0.162 e. The van der Waals surface area contributed by atoms with E-state index in [2.05, 4.69) is 36.3 Å². The van der Waals surface area contributed by atoms with Crippen LogP contribution in [0.15, 0.2) is 60.3 Å². The highest BCUT2D eigenvalue weighted by atomic mass is 35.5. The minimum absolute atomic E-state index is 0.0561. The fourth-order valence-electron chi connectivity index (χ4n) is 4.62. The van der Waals surface area contributed by atoms with E-state index in [1.54, 1.807) is 0 Å². The Morgan fingerprint density at radius 2 is 1.86 bits per heavy atom.